The van der Waals surface area contributed by atoms with E-state index in [9.17, 15) is 18.0 Å². The van der Waals surface area contributed by atoms with E-state index in [1.807, 2.05) is 30.3 Å². The molecule has 1 amide bonds. The van der Waals surface area contributed by atoms with E-state index in [1.165, 1.54) is 12.3 Å². The minimum atomic E-state index is -4.52. The van der Waals surface area contributed by atoms with Crippen molar-refractivity contribution in [3.8, 4) is 0 Å². The first kappa shape index (κ1) is 19.1. The number of alkyl halides is 3. The smallest absolute Gasteiger partial charge is 0.410 e. The number of fused-ring (bicyclic) bond motifs is 1. The van der Waals surface area contributed by atoms with Crippen LogP contribution in [-0.4, -0.2) is 21.9 Å². The van der Waals surface area contributed by atoms with E-state index >= 15 is 0 Å². The molecule has 1 aliphatic rings. The number of anilines is 1. The highest BCUT2D eigenvalue weighted by atomic mass is 19.4. The minimum Gasteiger partial charge on any atom is -0.467 e. The number of furan rings is 1. The molecule has 0 radical (unpaired) electrons. The third-order valence-electron chi connectivity index (χ3n) is 4.96. The fourth-order valence-corrected chi connectivity index (χ4v) is 3.46. The zero-order valence-electron chi connectivity index (χ0n) is 15.5. The van der Waals surface area contributed by atoms with Crippen LogP contribution >= 0.6 is 0 Å². The maximum Gasteiger partial charge on any atom is 0.410 e. The van der Waals surface area contributed by atoms with Crippen LogP contribution in [0.2, 0.25) is 0 Å². The Labute approximate surface area is 164 Å². The molecular weight excluding hydrogens is 385 g/mol. The average molecular weight is 404 g/mol. The summed E-state index contributed by atoms with van der Waals surface area (Å²) in [6.07, 6.45) is -3.39. The van der Waals surface area contributed by atoms with Gasteiger partial charge in [-0.05, 0) is 24.6 Å². The van der Waals surface area contributed by atoms with Crippen molar-refractivity contribution in [2.75, 3.05) is 5.32 Å². The number of benzene rings is 1. The first-order chi connectivity index (χ1) is 13.8. The molecule has 9 heteroatoms. The van der Waals surface area contributed by atoms with Crippen molar-refractivity contribution in [1.82, 2.24) is 15.1 Å². The van der Waals surface area contributed by atoms with Gasteiger partial charge in [-0.15, -0.1) is 0 Å². The van der Waals surface area contributed by atoms with Crippen LogP contribution in [0.15, 0.2) is 59.2 Å². The molecule has 3 aromatic rings. The van der Waals surface area contributed by atoms with Gasteiger partial charge in [0.15, 0.2) is 11.7 Å². The van der Waals surface area contributed by atoms with Crippen molar-refractivity contribution in [3.05, 3.63) is 71.8 Å². The Morgan fingerprint density at radius 2 is 2.03 bits per heavy atom. The van der Waals surface area contributed by atoms with E-state index in [2.05, 4.69) is 15.7 Å². The van der Waals surface area contributed by atoms with Crippen molar-refractivity contribution in [2.24, 2.45) is 0 Å². The zero-order chi connectivity index (χ0) is 20.6. The summed E-state index contributed by atoms with van der Waals surface area (Å²) in [5.41, 5.74) is 0.804. The fourth-order valence-electron chi connectivity index (χ4n) is 3.46. The van der Waals surface area contributed by atoms with Crippen LogP contribution in [0.25, 0.3) is 0 Å². The van der Waals surface area contributed by atoms with E-state index in [0.29, 0.717) is 5.76 Å². The Bertz CT molecular complexity index is 983. The monoisotopic (exact) mass is 404 g/mol. The minimum absolute atomic E-state index is 0.0790. The predicted molar refractivity (Wildman–Crippen MR) is 99.3 cm³/mol. The molecule has 2 N–H and O–H groups in total. The number of hydrogen-bond acceptors (Lipinski definition) is 4. The number of aromatic nitrogens is 2. The maximum atomic E-state index is 13.7. The SMILES string of the molecule is C[C@@H](NC(=O)c1cc2n(n1)[C@H](C(F)(F)F)C[C@H](c1ccco1)N2)c1ccccc1. The van der Waals surface area contributed by atoms with Crippen molar-refractivity contribution >= 4 is 11.7 Å². The second-order valence-electron chi connectivity index (χ2n) is 6.97. The molecule has 0 saturated carbocycles. The number of carbonyl (C=O) groups excluding carboxylic acids is 1. The lowest BCUT2D eigenvalue weighted by Gasteiger charge is -2.32. The zero-order valence-corrected chi connectivity index (χ0v) is 15.5. The highest BCUT2D eigenvalue weighted by Gasteiger charge is 2.47. The summed E-state index contributed by atoms with van der Waals surface area (Å²) in [5.74, 6) is -0.0200. The van der Waals surface area contributed by atoms with Gasteiger partial charge >= 0.3 is 6.18 Å². The lowest BCUT2D eigenvalue weighted by molar-refractivity contribution is -0.174. The molecule has 2 aromatic heterocycles. The average Bonchev–Trinajstić information content (AvgIpc) is 3.36. The number of hydrogen-bond donors (Lipinski definition) is 2. The number of rotatable bonds is 4. The van der Waals surface area contributed by atoms with Crippen LogP contribution < -0.4 is 10.6 Å². The Kier molecular flexibility index (Phi) is 4.81. The number of amides is 1. The molecule has 0 spiro atoms. The Morgan fingerprint density at radius 3 is 2.69 bits per heavy atom. The molecular formula is C20H19F3N4O2. The molecule has 29 heavy (non-hydrogen) atoms. The molecule has 6 nitrogen and oxygen atoms in total. The lowest BCUT2D eigenvalue weighted by Crippen LogP contribution is -2.35. The van der Waals surface area contributed by atoms with Gasteiger partial charge in [0.25, 0.3) is 5.91 Å². The number of halogens is 3. The third-order valence-corrected chi connectivity index (χ3v) is 4.96. The molecule has 0 aliphatic carbocycles. The van der Waals surface area contributed by atoms with Crippen LogP contribution in [0.1, 0.15) is 53.3 Å². The van der Waals surface area contributed by atoms with Gasteiger partial charge in [0.1, 0.15) is 11.6 Å². The standard InChI is InChI=1S/C20H19F3N4O2/c1-12(13-6-3-2-4-7-13)24-19(28)15-11-18-25-14(16-8-5-9-29-16)10-17(20(21,22)23)27(18)26-15/h2-9,11-12,14,17,25H,10H2,1H3,(H,24,28)/t12-,14-,17+/m1/s1. The van der Waals surface area contributed by atoms with Crippen LogP contribution in [0.4, 0.5) is 19.0 Å². The van der Waals surface area contributed by atoms with Gasteiger partial charge in [0.2, 0.25) is 0 Å². The summed E-state index contributed by atoms with van der Waals surface area (Å²) in [5, 5.41) is 9.71. The van der Waals surface area contributed by atoms with E-state index in [0.717, 1.165) is 10.2 Å². The summed E-state index contributed by atoms with van der Waals surface area (Å²) in [7, 11) is 0. The van der Waals surface area contributed by atoms with Gasteiger partial charge in [0.05, 0.1) is 18.3 Å². The fraction of sp³-hybridized carbons (Fsp3) is 0.300. The van der Waals surface area contributed by atoms with Crippen molar-refractivity contribution < 1.29 is 22.4 Å². The Morgan fingerprint density at radius 1 is 1.28 bits per heavy atom. The predicted octanol–water partition coefficient (Wildman–Crippen LogP) is 4.63. The van der Waals surface area contributed by atoms with E-state index < -0.39 is 24.2 Å². The number of nitrogens with one attached hydrogen (secondary N) is 2. The van der Waals surface area contributed by atoms with Crippen molar-refractivity contribution in [3.63, 3.8) is 0 Å². The molecule has 0 saturated heterocycles. The molecule has 3 heterocycles. The van der Waals surface area contributed by atoms with E-state index in [4.69, 9.17) is 4.42 Å². The quantitative estimate of drug-likeness (QED) is 0.665. The maximum absolute atomic E-state index is 13.7. The molecule has 1 aliphatic heterocycles. The lowest BCUT2D eigenvalue weighted by atomic mass is 10.0. The third kappa shape index (κ3) is 3.85. The Hall–Kier alpha value is -3.23. The molecule has 4 rings (SSSR count). The van der Waals surface area contributed by atoms with Gasteiger partial charge in [0, 0.05) is 12.5 Å². The molecule has 1 aromatic carbocycles. The van der Waals surface area contributed by atoms with Crippen molar-refractivity contribution in [1.29, 1.82) is 0 Å². The second-order valence-corrected chi connectivity index (χ2v) is 6.97. The summed E-state index contributed by atoms with van der Waals surface area (Å²) in [4.78, 5) is 12.6. The first-order valence-corrected chi connectivity index (χ1v) is 9.15. The van der Waals surface area contributed by atoms with E-state index in [1.54, 1.807) is 19.1 Å². The molecule has 0 unspecified atom stereocenters. The summed E-state index contributed by atoms with van der Waals surface area (Å²) >= 11 is 0. The van der Waals surface area contributed by atoms with Crippen LogP contribution in [0, 0.1) is 0 Å². The van der Waals surface area contributed by atoms with Gasteiger partial charge in [-0.3, -0.25) is 4.79 Å². The second kappa shape index (κ2) is 7.31. The Balaban J connectivity index is 1.59. The van der Waals surface area contributed by atoms with Crippen LogP contribution in [-0.2, 0) is 0 Å². The van der Waals surface area contributed by atoms with Gasteiger partial charge < -0.3 is 15.1 Å². The van der Waals surface area contributed by atoms with Crippen LogP contribution in [0.5, 0.6) is 0 Å². The summed E-state index contributed by atoms with van der Waals surface area (Å²) in [6, 6.07) is 11.0. The van der Waals surface area contributed by atoms with E-state index in [-0.39, 0.29) is 24.0 Å². The number of carbonyl (C=O) groups is 1. The molecule has 152 valence electrons. The highest BCUT2D eigenvalue weighted by Crippen LogP contribution is 2.43. The number of nitrogens with zero attached hydrogens (tertiary/aromatic N) is 2. The normalized spacial score (nSPS) is 19.9. The highest BCUT2D eigenvalue weighted by molar-refractivity contribution is 5.93. The summed E-state index contributed by atoms with van der Waals surface area (Å²) in [6.45, 7) is 1.80. The topological polar surface area (TPSA) is 72.1 Å². The van der Waals surface area contributed by atoms with Gasteiger partial charge in [-0.2, -0.15) is 18.3 Å². The molecule has 3 atom stereocenters. The first-order valence-electron chi connectivity index (χ1n) is 9.15. The van der Waals surface area contributed by atoms with Crippen LogP contribution in [0.3, 0.4) is 0 Å². The summed E-state index contributed by atoms with van der Waals surface area (Å²) < 4.78 is 47.1. The largest absolute Gasteiger partial charge is 0.467 e. The molecule has 0 fully saturated rings. The van der Waals surface area contributed by atoms with Gasteiger partial charge in [-0.25, -0.2) is 4.68 Å². The van der Waals surface area contributed by atoms with Crippen molar-refractivity contribution in [2.45, 2.75) is 37.6 Å². The molecule has 0 bridgehead atoms. The van der Waals surface area contributed by atoms with Gasteiger partial charge in [-0.1, -0.05) is 30.3 Å².